The highest BCUT2D eigenvalue weighted by Gasteiger charge is 2.32. The van der Waals surface area contributed by atoms with Crippen molar-refractivity contribution >= 4 is 22.6 Å². The van der Waals surface area contributed by atoms with Gasteiger partial charge < -0.3 is 24.2 Å². The van der Waals surface area contributed by atoms with E-state index in [0.29, 0.717) is 18.1 Å². The lowest BCUT2D eigenvalue weighted by molar-refractivity contribution is 0.0842. The summed E-state index contributed by atoms with van der Waals surface area (Å²) in [5, 5.41) is 17.9. The lowest BCUT2D eigenvalue weighted by atomic mass is 9.83. The smallest absolute Gasteiger partial charge is 0.319 e. The van der Waals surface area contributed by atoms with Gasteiger partial charge in [0, 0.05) is 51.4 Å². The SMILES string of the molecule is COC[C@@H](C)Oc1nc(C(=O)C[C@H](C)CO)cc(N2CC[C@@H](c3[nH]nc4nccc(OC)c34)[C@H](C)C2)n1. The van der Waals surface area contributed by atoms with Crippen LogP contribution in [-0.4, -0.2) is 82.7 Å². The minimum atomic E-state index is -0.276. The number of nitrogens with one attached hydrogen (secondary N) is 1. The Morgan fingerprint density at radius 2 is 2.11 bits per heavy atom. The Balaban J connectivity index is 1.59. The number of aromatic amines is 1. The molecule has 2 N–H and O–H groups in total. The minimum absolute atomic E-state index is 0.0640. The first kappa shape index (κ1) is 26.7. The van der Waals surface area contributed by atoms with E-state index in [0.717, 1.165) is 36.3 Å². The maximum Gasteiger partial charge on any atom is 0.319 e. The monoisotopic (exact) mass is 512 g/mol. The molecule has 4 atom stereocenters. The van der Waals surface area contributed by atoms with Crippen LogP contribution in [0.1, 0.15) is 55.7 Å². The largest absolute Gasteiger partial charge is 0.496 e. The number of Topliss-reactive ketones (excluding diaryl/α,β-unsaturated/α-hetero) is 1. The van der Waals surface area contributed by atoms with Crippen LogP contribution in [0.4, 0.5) is 5.82 Å². The Hall–Kier alpha value is -3.31. The number of methoxy groups -OCH3 is 2. The molecule has 4 heterocycles. The van der Waals surface area contributed by atoms with Crippen molar-refractivity contribution in [2.24, 2.45) is 11.8 Å². The molecule has 200 valence electrons. The topological polar surface area (TPSA) is 136 Å². The maximum absolute atomic E-state index is 12.9. The van der Waals surface area contributed by atoms with Gasteiger partial charge in [0.1, 0.15) is 23.4 Å². The molecule has 4 rings (SSSR count). The number of hydrogen-bond acceptors (Lipinski definition) is 10. The summed E-state index contributed by atoms with van der Waals surface area (Å²) in [6.45, 7) is 7.64. The number of aliphatic hydroxyl groups excluding tert-OH is 1. The van der Waals surface area contributed by atoms with Crippen LogP contribution in [-0.2, 0) is 4.74 Å². The van der Waals surface area contributed by atoms with E-state index in [4.69, 9.17) is 14.2 Å². The number of aromatic nitrogens is 5. The number of anilines is 1. The van der Waals surface area contributed by atoms with Crippen LogP contribution < -0.4 is 14.4 Å². The number of ether oxygens (including phenoxy) is 3. The molecule has 0 radical (unpaired) electrons. The normalized spacial score (nSPS) is 19.6. The van der Waals surface area contributed by atoms with Crippen molar-refractivity contribution in [3.05, 3.63) is 29.7 Å². The van der Waals surface area contributed by atoms with Gasteiger partial charge in [-0.15, -0.1) is 0 Å². The van der Waals surface area contributed by atoms with Crippen molar-refractivity contribution in [2.45, 2.75) is 45.6 Å². The van der Waals surface area contributed by atoms with Gasteiger partial charge in [-0.2, -0.15) is 15.1 Å². The number of aliphatic hydroxyl groups is 1. The molecule has 0 saturated carbocycles. The van der Waals surface area contributed by atoms with Gasteiger partial charge in [-0.3, -0.25) is 9.89 Å². The van der Waals surface area contributed by atoms with Crippen LogP contribution >= 0.6 is 0 Å². The zero-order chi connectivity index (χ0) is 26.5. The number of piperidine rings is 1. The molecule has 1 aliphatic rings. The van der Waals surface area contributed by atoms with Gasteiger partial charge in [0.15, 0.2) is 11.4 Å². The summed E-state index contributed by atoms with van der Waals surface area (Å²) in [6.07, 6.45) is 2.46. The second kappa shape index (κ2) is 11.8. The van der Waals surface area contributed by atoms with E-state index < -0.39 is 0 Å². The average molecular weight is 513 g/mol. The number of hydrogen-bond donors (Lipinski definition) is 2. The quantitative estimate of drug-likeness (QED) is 0.369. The van der Waals surface area contributed by atoms with Crippen LogP contribution in [0.5, 0.6) is 11.8 Å². The molecule has 37 heavy (non-hydrogen) atoms. The summed E-state index contributed by atoms with van der Waals surface area (Å²) in [6, 6.07) is 3.73. The van der Waals surface area contributed by atoms with Crippen molar-refractivity contribution in [3.8, 4) is 11.8 Å². The second-order valence-electron chi connectivity index (χ2n) is 9.86. The highest BCUT2D eigenvalue weighted by Crippen LogP contribution is 2.39. The first-order valence-corrected chi connectivity index (χ1v) is 12.6. The highest BCUT2D eigenvalue weighted by molar-refractivity contribution is 5.95. The molecule has 3 aromatic rings. The molecule has 3 aromatic heterocycles. The Bertz CT molecular complexity index is 1220. The molecule has 1 aliphatic heterocycles. The molecular formula is C26H36N6O5. The number of pyridine rings is 1. The molecule has 0 amide bonds. The van der Waals surface area contributed by atoms with Crippen LogP contribution in [0, 0.1) is 11.8 Å². The number of rotatable bonds is 11. The Morgan fingerprint density at radius 3 is 2.81 bits per heavy atom. The van der Waals surface area contributed by atoms with Crippen LogP contribution in [0.3, 0.4) is 0 Å². The zero-order valence-corrected chi connectivity index (χ0v) is 22.1. The van der Waals surface area contributed by atoms with Gasteiger partial charge in [-0.05, 0) is 31.2 Å². The molecule has 0 spiro atoms. The van der Waals surface area contributed by atoms with Gasteiger partial charge in [-0.25, -0.2) is 4.98 Å². The molecular weight excluding hydrogens is 476 g/mol. The lowest BCUT2D eigenvalue weighted by Gasteiger charge is -2.37. The standard InChI is InChI=1S/C26H36N6O5/c1-15(13-33)10-20(34)19-11-22(29-26(28-19)37-17(3)14-35-4)32-9-7-18(16(2)12-32)24-23-21(36-5)6-8-27-25(23)31-30-24/h6,8,11,15-18,33H,7,9-10,12-14H2,1-5H3,(H,27,30,31)/t15-,16+,17+,18+/m0/s1. The molecule has 0 aromatic carbocycles. The summed E-state index contributed by atoms with van der Waals surface area (Å²) in [7, 11) is 3.25. The summed E-state index contributed by atoms with van der Waals surface area (Å²) in [4.78, 5) is 28.5. The minimum Gasteiger partial charge on any atom is -0.496 e. The van der Waals surface area contributed by atoms with Crippen LogP contribution in [0.15, 0.2) is 18.3 Å². The first-order valence-electron chi connectivity index (χ1n) is 12.6. The van der Waals surface area contributed by atoms with E-state index in [1.54, 1.807) is 26.5 Å². The van der Waals surface area contributed by atoms with Gasteiger partial charge in [0.25, 0.3) is 0 Å². The number of fused-ring (bicyclic) bond motifs is 1. The van der Waals surface area contributed by atoms with E-state index in [1.807, 2.05) is 19.9 Å². The van der Waals surface area contributed by atoms with E-state index in [-0.39, 0.29) is 54.4 Å². The summed E-state index contributed by atoms with van der Waals surface area (Å²) < 4.78 is 16.6. The van der Waals surface area contributed by atoms with Crippen molar-refractivity contribution in [1.29, 1.82) is 0 Å². The fourth-order valence-corrected chi connectivity index (χ4v) is 4.87. The Kier molecular flexibility index (Phi) is 8.55. The summed E-state index contributed by atoms with van der Waals surface area (Å²) in [5.41, 5.74) is 1.96. The third kappa shape index (κ3) is 5.99. The second-order valence-corrected chi connectivity index (χ2v) is 9.86. The van der Waals surface area contributed by atoms with Crippen LogP contribution in [0.25, 0.3) is 11.0 Å². The maximum atomic E-state index is 12.9. The average Bonchev–Trinajstić information content (AvgIpc) is 3.32. The molecule has 0 unspecified atom stereocenters. The van der Waals surface area contributed by atoms with E-state index in [1.165, 1.54) is 0 Å². The Morgan fingerprint density at radius 1 is 1.30 bits per heavy atom. The van der Waals surface area contributed by atoms with Gasteiger partial charge >= 0.3 is 6.01 Å². The van der Waals surface area contributed by atoms with Crippen molar-refractivity contribution in [2.75, 3.05) is 45.4 Å². The molecule has 0 aliphatic carbocycles. The lowest BCUT2D eigenvalue weighted by Crippen LogP contribution is -2.39. The molecule has 1 saturated heterocycles. The van der Waals surface area contributed by atoms with Gasteiger partial charge in [-0.1, -0.05) is 13.8 Å². The number of carbonyl (C=O) groups excluding carboxylic acids is 1. The zero-order valence-electron chi connectivity index (χ0n) is 22.1. The molecule has 11 nitrogen and oxygen atoms in total. The highest BCUT2D eigenvalue weighted by atomic mass is 16.5. The fraction of sp³-hybridized carbons (Fsp3) is 0.577. The molecule has 0 bridgehead atoms. The van der Waals surface area contributed by atoms with E-state index in [9.17, 15) is 9.90 Å². The third-order valence-corrected chi connectivity index (χ3v) is 6.80. The summed E-state index contributed by atoms with van der Waals surface area (Å²) in [5.74, 6) is 1.57. The van der Waals surface area contributed by atoms with Gasteiger partial charge in [0.05, 0.1) is 24.8 Å². The Labute approximate surface area is 216 Å². The first-order chi connectivity index (χ1) is 17.8. The predicted molar refractivity (Wildman–Crippen MR) is 138 cm³/mol. The van der Waals surface area contributed by atoms with Crippen molar-refractivity contribution < 1.29 is 24.1 Å². The van der Waals surface area contributed by atoms with Crippen LogP contribution in [0.2, 0.25) is 0 Å². The number of nitrogens with zero attached hydrogens (tertiary/aromatic N) is 5. The predicted octanol–water partition coefficient (Wildman–Crippen LogP) is 3.00. The van der Waals surface area contributed by atoms with Gasteiger partial charge in [0.2, 0.25) is 0 Å². The molecule has 1 fully saturated rings. The summed E-state index contributed by atoms with van der Waals surface area (Å²) >= 11 is 0. The van der Waals surface area contributed by atoms with Crippen molar-refractivity contribution in [3.63, 3.8) is 0 Å². The van der Waals surface area contributed by atoms with E-state index in [2.05, 4.69) is 37.0 Å². The number of H-pyrrole nitrogens is 1. The fourth-order valence-electron chi connectivity index (χ4n) is 4.87. The molecule has 11 heteroatoms. The number of carbonyl (C=O) groups is 1. The van der Waals surface area contributed by atoms with E-state index >= 15 is 0 Å². The van der Waals surface area contributed by atoms with Crippen molar-refractivity contribution in [1.82, 2.24) is 25.1 Å². The third-order valence-electron chi connectivity index (χ3n) is 6.80. The number of ketones is 1.